The van der Waals surface area contributed by atoms with Crippen LogP contribution < -0.4 is 0 Å². The Bertz CT molecular complexity index is 178. The van der Waals surface area contributed by atoms with Gasteiger partial charge in [-0.1, -0.05) is 33.1 Å². The van der Waals surface area contributed by atoms with Gasteiger partial charge in [0.1, 0.15) is 5.78 Å². The first-order valence-electron chi connectivity index (χ1n) is 6.19. The van der Waals surface area contributed by atoms with E-state index in [1.807, 2.05) is 0 Å². The average Bonchev–Trinajstić information content (AvgIpc) is 2.19. The van der Waals surface area contributed by atoms with Crippen molar-refractivity contribution in [3.8, 4) is 0 Å². The highest BCUT2D eigenvalue weighted by Gasteiger charge is 2.28. The van der Waals surface area contributed by atoms with Crippen LogP contribution in [0.4, 0.5) is 0 Å². The molecule has 0 spiro atoms. The maximum absolute atomic E-state index is 11.4. The molecule has 1 nitrogen and oxygen atoms in total. The summed E-state index contributed by atoms with van der Waals surface area (Å²) < 4.78 is 0. The number of Topliss-reactive ketones (excluding diaryl/α,β-unsaturated/α-hetero) is 1. The van der Waals surface area contributed by atoms with Gasteiger partial charge < -0.3 is 0 Å². The molecule has 0 aromatic rings. The highest BCUT2D eigenvalue weighted by atomic mass is 16.1. The quantitative estimate of drug-likeness (QED) is 0.668. The third-order valence-corrected chi connectivity index (χ3v) is 4.00. The van der Waals surface area contributed by atoms with Crippen LogP contribution in [0.15, 0.2) is 0 Å². The van der Waals surface area contributed by atoms with Crippen molar-refractivity contribution >= 4 is 5.78 Å². The molecule has 0 N–H and O–H groups in total. The van der Waals surface area contributed by atoms with Crippen molar-refractivity contribution in [2.24, 2.45) is 17.8 Å². The summed E-state index contributed by atoms with van der Waals surface area (Å²) in [6.07, 6.45) is 7.64. The fraction of sp³-hybridized carbons (Fsp3) is 0.923. The molecule has 0 saturated heterocycles. The lowest BCUT2D eigenvalue weighted by Crippen LogP contribution is -2.25. The summed E-state index contributed by atoms with van der Waals surface area (Å²) in [5.41, 5.74) is 0. The van der Waals surface area contributed by atoms with Gasteiger partial charge in [0.25, 0.3) is 0 Å². The van der Waals surface area contributed by atoms with Crippen LogP contribution in [0, 0.1) is 17.8 Å². The summed E-state index contributed by atoms with van der Waals surface area (Å²) in [6.45, 7) is 6.20. The minimum absolute atomic E-state index is 0.354. The van der Waals surface area contributed by atoms with Crippen LogP contribution in [0.3, 0.4) is 0 Å². The van der Waals surface area contributed by atoms with Crippen LogP contribution in [0.25, 0.3) is 0 Å². The Labute approximate surface area is 88.3 Å². The normalized spacial score (nSPS) is 29.9. The number of carbonyl (C=O) groups is 1. The van der Waals surface area contributed by atoms with Crippen LogP contribution in [0.1, 0.15) is 59.3 Å². The van der Waals surface area contributed by atoms with Gasteiger partial charge in [-0.2, -0.15) is 0 Å². The molecule has 0 bridgehead atoms. The predicted octanol–water partition coefficient (Wildman–Crippen LogP) is 3.82. The van der Waals surface area contributed by atoms with Crippen molar-refractivity contribution < 1.29 is 4.79 Å². The topological polar surface area (TPSA) is 17.1 Å². The molecule has 1 unspecified atom stereocenters. The maximum atomic E-state index is 11.4. The van der Waals surface area contributed by atoms with Gasteiger partial charge in [-0.05, 0) is 38.0 Å². The minimum atomic E-state index is 0.354. The van der Waals surface area contributed by atoms with Gasteiger partial charge in [-0.3, -0.25) is 4.79 Å². The van der Waals surface area contributed by atoms with E-state index in [0.29, 0.717) is 17.6 Å². The van der Waals surface area contributed by atoms with Gasteiger partial charge in [-0.25, -0.2) is 0 Å². The monoisotopic (exact) mass is 196 g/mol. The van der Waals surface area contributed by atoms with E-state index in [9.17, 15) is 4.79 Å². The van der Waals surface area contributed by atoms with Gasteiger partial charge in [0.15, 0.2) is 0 Å². The van der Waals surface area contributed by atoms with Crippen LogP contribution >= 0.6 is 0 Å². The fourth-order valence-electron chi connectivity index (χ4n) is 2.95. The van der Waals surface area contributed by atoms with Gasteiger partial charge in [0.2, 0.25) is 0 Å². The van der Waals surface area contributed by atoms with Gasteiger partial charge >= 0.3 is 0 Å². The molecule has 1 atom stereocenters. The standard InChI is InChI=1S/C13H24O/c1-4-11-6-8-12(9-7-11)13(5-2)10(3)14/h11-13H,4-9H2,1-3H3. The first-order valence-corrected chi connectivity index (χ1v) is 6.19. The van der Waals surface area contributed by atoms with Crippen molar-refractivity contribution in [2.45, 2.75) is 59.3 Å². The average molecular weight is 196 g/mol. The zero-order valence-electron chi connectivity index (χ0n) is 9.88. The second kappa shape index (κ2) is 5.53. The number of hydrogen-bond acceptors (Lipinski definition) is 1. The largest absolute Gasteiger partial charge is 0.300 e. The smallest absolute Gasteiger partial charge is 0.133 e. The van der Waals surface area contributed by atoms with Crippen molar-refractivity contribution in [3.05, 3.63) is 0 Å². The van der Waals surface area contributed by atoms with E-state index >= 15 is 0 Å². The molecule has 0 radical (unpaired) electrons. The fourth-order valence-corrected chi connectivity index (χ4v) is 2.95. The number of rotatable bonds is 4. The molecule has 1 rings (SSSR count). The molecule has 14 heavy (non-hydrogen) atoms. The summed E-state index contributed by atoms with van der Waals surface area (Å²) in [7, 11) is 0. The predicted molar refractivity (Wildman–Crippen MR) is 60.2 cm³/mol. The van der Waals surface area contributed by atoms with Gasteiger partial charge in [0.05, 0.1) is 0 Å². The third-order valence-electron chi connectivity index (χ3n) is 4.00. The molecule has 0 heterocycles. The Morgan fingerprint density at radius 3 is 2.14 bits per heavy atom. The first-order chi connectivity index (χ1) is 6.69. The van der Waals surface area contributed by atoms with Crippen molar-refractivity contribution in [3.63, 3.8) is 0 Å². The molecule has 0 aromatic carbocycles. The second-order valence-electron chi connectivity index (χ2n) is 4.81. The Morgan fingerprint density at radius 1 is 1.21 bits per heavy atom. The summed E-state index contributed by atoms with van der Waals surface area (Å²) in [4.78, 5) is 11.4. The van der Waals surface area contributed by atoms with E-state index in [-0.39, 0.29) is 0 Å². The summed E-state index contributed by atoms with van der Waals surface area (Å²) in [5.74, 6) is 2.40. The molecule has 82 valence electrons. The Balaban J connectivity index is 2.43. The van der Waals surface area contributed by atoms with Gasteiger partial charge in [0, 0.05) is 5.92 Å². The summed E-state index contributed by atoms with van der Waals surface area (Å²) in [6, 6.07) is 0. The van der Waals surface area contributed by atoms with Crippen LogP contribution in [0.5, 0.6) is 0 Å². The van der Waals surface area contributed by atoms with E-state index in [2.05, 4.69) is 13.8 Å². The van der Waals surface area contributed by atoms with Gasteiger partial charge in [-0.15, -0.1) is 0 Å². The highest BCUT2D eigenvalue weighted by molar-refractivity contribution is 5.78. The van der Waals surface area contributed by atoms with Crippen molar-refractivity contribution in [1.82, 2.24) is 0 Å². The molecule has 1 fully saturated rings. The first kappa shape index (κ1) is 11.7. The molecule has 1 aliphatic rings. The molecule has 1 saturated carbocycles. The van der Waals surface area contributed by atoms with Crippen LogP contribution in [-0.4, -0.2) is 5.78 Å². The lowest BCUT2D eigenvalue weighted by molar-refractivity contribution is -0.123. The SMILES string of the molecule is CCC1CCC(C(CC)C(C)=O)CC1. The Hall–Kier alpha value is -0.330. The van der Waals surface area contributed by atoms with E-state index in [1.54, 1.807) is 6.92 Å². The Kier molecular flexibility index (Phi) is 4.64. The minimum Gasteiger partial charge on any atom is -0.300 e. The molecule has 0 amide bonds. The van der Waals surface area contributed by atoms with Crippen LogP contribution in [0.2, 0.25) is 0 Å². The summed E-state index contributed by atoms with van der Waals surface area (Å²) >= 11 is 0. The molecule has 1 heteroatoms. The Morgan fingerprint density at radius 2 is 1.79 bits per heavy atom. The number of hydrogen-bond donors (Lipinski definition) is 0. The van der Waals surface area contributed by atoms with E-state index in [1.165, 1.54) is 32.1 Å². The number of ketones is 1. The molecular formula is C13H24O. The molecule has 1 aliphatic carbocycles. The summed E-state index contributed by atoms with van der Waals surface area (Å²) in [5, 5.41) is 0. The highest BCUT2D eigenvalue weighted by Crippen LogP contribution is 2.36. The van der Waals surface area contributed by atoms with Crippen LogP contribution in [-0.2, 0) is 4.79 Å². The zero-order chi connectivity index (χ0) is 10.6. The van der Waals surface area contributed by atoms with Crippen molar-refractivity contribution in [2.75, 3.05) is 0 Å². The molecular weight excluding hydrogens is 172 g/mol. The second-order valence-corrected chi connectivity index (χ2v) is 4.81. The number of carbonyl (C=O) groups excluding carboxylic acids is 1. The van der Waals surface area contributed by atoms with Crippen molar-refractivity contribution in [1.29, 1.82) is 0 Å². The van der Waals surface area contributed by atoms with E-state index in [4.69, 9.17) is 0 Å². The van der Waals surface area contributed by atoms with E-state index in [0.717, 1.165) is 12.3 Å². The lowest BCUT2D eigenvalue weighted by atomic mass is 9.73. The third kappa shape index (κ3) is 2.83. The zero-order valence-corrected chi connectivity index (χ0v) is 9.88. The van der Waals surface area contributed by atoms with E-state index < -0.39 is 0 Å². The lowest BCUT2D eigenvalue weighted by Gasteiger charge is -2.32. The maximum Gasteiger partial charge on any atom is 0.133 e. The molecule has 0 aromatic heterocycles. The molecule has 0 aliphatic heterocycles.